The molecule has 0 radical (unpaired) electrons. The molecule has 5 unspecified atom stereocenters. The zero-order chi connectivity index (χ0) is 25.7. The number of aliphatic hydroxyl groups excluding tert-OH is 1. The number of carbonyl (C=O) groups is 6. The topological polar surface area (TPSA) is 271 Å². The van der Waals surface area contributed by atoms with Gasteiger partial charge in [0.05, 0.1) is 25.0 Å². The molecule has 0 aliphatic rings. The summed E-state index contributed by atoms with van der Waals surface area (Å²) in [6, 6.07) is -6.27. The average molecular weight is 477 g/mol. The fraction of sp³-hybridized carbons (Fsp3) is 0.667. The standard InChI is InChI=1S/C18H31N5O10/c1-8(24)14(18(32)33)23-16(30)10(4-2-3-5-19)21-17(31)11(7-13(27)28)22-15(29)9(20)6-12(25)26/h8-11,14,24H,2-7,19-20H2,1H3,(H,21,31)(H,22,29)(H,23,30)(H,25,26)(H,27,28)(H,32,33). The van der Waals surface area contributed by atoms with E-state index in [1.165, 1.54) is 0 Å². The van der Waals surface area contributed by atoms with E-state index < -0.39 is 78.7 Å². The molecule has 0 aromatic rings. The second kappa shape index (κ2) is 14.7. The summed E-state index contributed by atoms with van der Waals surface area (Å²) in [6.45, 7) is 1.41. The van der Waals surface area contributed by atoms with Gasteiger partial charge in [0.15, 0.2) is 6.04 Å². The largest absolute Gasteiger partial charge is 0.481 e. The lowest BCUT2D eigenvalue weighted by atomic mass is 10.1. The number of aliphatic carboxylic acids is 3. The van der Waals surface area contributed by atoms with E-state index in [4.69, 9.17) is 26.8 Å². The van der Waals surface area contributed by atoms with Gasteiger partial charge in [-0.25, -0.2) is 4.79 Å². The van der Waals surface area contributed by atoms with Crippen molar-refractivity contribution in [1.29, 1.82) is 0 Å². The molecule has 0 aliphatic heterocycles. The molecule has 0 heterocycles. The first-order chi connectivity index (χ1) is 15.3. The Kier molecular flexibility index (Phi) is 13.2. The lowest BCUT2D eigenvalue weighted by Crippen LogP contribution is -2.58. The highest BCUT2D eigenvalue weighted by Crippen LogP contribution is 2.05. The van der Waals surface area contributed by atoms with Gasteiger partial charge in [-0.05, 0) is 32.7 Å². The molecule has 0 bridgehead atoms. The molecule has 0 rings (SSSR count). The molecule has 0 aromatic heterocycles. The molecule has 3 amide bonds. The van der Waals surface area contributed by atoms with Crippen molar-refractivity contribution >= 4 is 35.6 Å². The van der Waals surface area contributed by atoms with Crippen LogP contribution in [0.5, 0.6) is 0 Å². The first kappa shape index (κ1) is 29.7. The Hall–Kier alpha value is -3.30. The number of carboxylic acid groups (broad SMARTS) is 3. The second-order valence-corrected chi connectivity index (χ2v) is 7.27. The van der Waals surface area contributed by atoms with Crippen molar-refractivity contribution in [3.05, 3.63) is 0 Å². The molecule has 11 N–H and O–H groups in total. The van der Waals surface area contributed by atoms with Crippen LogP contribution in [0.3, 0.4) is 0 Å². The number of rotatable bonds is 16. The number of unbranched alkanes of at least 4 members (excludes halogenated alkanes) is 1. The van der Waals surface area contributed by atoms with Crippen LogP contribution in [0.1, 0.15) is 39.0 Å². The number of hydrogen-bond donors (Lipinski definition) is 9. The third-order valence-corrected chi connectivity index (χ3v) is 4.37. The van der Waals surface area contributed by atoms with Crippen LogP contribution in [0.4, 0.5) is 0 Å². The average Bonchev–Trinajstić information content (AvgIpc) is 2.69. The minimum Gasteiger partial charge on any atom is -0.481 e. The third-order valence-electron chi connectivity index (χ3n) is 4.37. The summed E-state index contributed by atoms with van der Waals surface area (Å²) in [4.78, 5) is 70.3. The van der Waals surface area contributed by atoms with E-state index in [1.807, 2.05) is 5.32 Å². The van der Waals surface area contributed by atoms with Gasteiger partial charge in [-0.1, -0.05) is 0 Å². The zero-order valence-electron chi connectivity index (χ0n) is 18.0. The Morgan fingerprint density at radius 3 is 1.76 bits per heavy atom. The number of nitrogens with one attached hydrogen (secondary N) is 3. The maximum atomic E-state index is 12.6. The Morgan fingerprint density at radius 2 is 1.30 bits per heavy atom. The quantitative estimate of drug-likeness (QED) is 0.0972. The highest BCUT2D eigenvalue weighted by atomic mass is 16.4. The van der Waals surface area contributed by atoms with Crippen LogP contribution in [0.15, 0.2) is 0 Å². The van der Waals surface area contributed by atoms with Crippen molar-refractivity contribution in [3.63, 3.8) is 0 Å². The van der Waals surface area contributed by atoms with Crippen molar-refractivity contribution in [1.82, 2.24) is 16.0 Å². The Labute approximate surface area is 188 Å². The minimum atomic E-state index is -1.70. The highest BCUT2D eigenvalue weighted by Gasteiger charge is 2.32. The normalized spacial score (nSPS) is 15.3. The number of amides is 3. The van der Waals surface area contributed by atoms with Gasteiger partial charge >= 0.3 is 17.9 Å². The monoisotopic (exact) mass is 477 g/mol. The van der Waals surface area contributed by atoms with Crippen molar-refractivity contribution < 1.29 is 49.2 Å². The molecule has 15 nitrogen and oxygen atoms in total. The van der Waals surface area contributed by atoms with E-state index >= 15 is 0 Å². The van der Waals surface area contributed by atoms with Crippen LogP contribution < -0.4 is 27.4 Å². The third kappa shape index (κ3) is 11.8. The van der Waals surface area contributed by atoms with Gasteiger partial charge in [0.25, 0.3) is 0 Å². The SMILES string of the molecule is CC(O)C(NC(=O)C(CCCCN)NC(=O)C(CC(=O)O)NC(=O)C(N)CC(=O)O)C(=O)O. The van der Waals surface area contributed by atoms with Crippen LogP contribution in [0.2, 0.25) is 0 Å². The molecule has 0 saturated carbocycles. The van der Waals surface area contributed by atoms with E-state index in [2.05, 4.69) is 10.6 Å². The van der Waals surface area contributed by atoms with Crippen molar-refractivity contribution in [3.8, 4) is 0 Å². The smallest absolute Gasteiger partial charge is 0.328 e. The molecular weight excluding hydrogens is 446 g/mol. The first-order valence-corrected chi connectivity index (χ1v) is 10.0. The summed E-state index contributed by atoms with van der Waals surface area (Å²) in [7, 11) is 0. The van der Waals surface area contributed by atoms with Crippen LogP contribution in [-0.4, -0.2) is 92.9 Å². The highest BCUT2D eigenvalue weighted by molar-refractivity contribution is 5.96. The van der Waals surface area contributed by atoms with Crippen molar-refractivity contribution in [2.75, 3.05) is 6.54 Å². The van der Waals surface area contributed by atoms with Crippen LogP contribution in [0.25, 0.3) is 0 Å². The van der Waals surface area contributed by atoms with Crippen LogP contribution in [0, 0.1) is 0 Å². The number of hydrogen-bond acceptors (Lipinski definition) is 9. The maximum Gasteiger partial charge on any atom is 0.328 e. The minimum absolute atomic E-state index is 0.00676. The summed E-state index contributed by atoms with van der Waals surface area (Å²) in [6.07, 6.45) is -2.35. The predicted molar refractivity (Wildman–Crippen MR) is 110 cm³/mol. The lowest BCUT2D eigenvalue weighted by molar-refractivity contribution is -0.145. The zero-order valence-corrected chi connectivity index (χ0v) is 18.0. The van der Waals surface area contributed by atoms with Gasteiger partial charge < -0.3 is 47.8 Å². The van der Waals surface area contributed by atoms with Crippen LogP contribution in [-0.2, 0) is 28.8 Å². The summed E-state index contributed by atoms with van der Waals surface area (Å²) < 4.78 is 0. The van der Waals surface area contributed by atoms with Gasteiger partial charge in [-0.15, -0.1) is 0 Å². The maximum absolute atomic E-state index is 12.6. The Bertz CT molecular complexity index is 729. The molecule has 33 heavy (non-hydrogen) atoms. The van der Waals surface area contributed by atoms with E-state index in [-0.39, 0.29) is 13.0 Å². The Balaban J connectivity index is 5.53. The lowest BCUT2D eigenvalue weighted by Gasteiger charge is -2.25. The van der Waals surface area contributed by atoms with E-state index in [0.717, 1.165) is 6.92 Å². The molecule has 5 atom stereocenters. The molecule has 0 fully saturated rings. The fourth-order valence-electron chi connectivity index (χ4n) is 2.62. The molecule has 0 saturated heterocycles. The van der Waals surface area contributed by atoms with Crippen LogP contribution >= 0.6 is 0 Å². The predicted octanol–water partition coefficient (Wildman–Crippen LogP) is -3.69. The summed E-state index contributed by atoms with van der Waals surface area (Å²) in [5, 5.41) is 42.8. The van der Waals surface area contributed by atoms with Gasteiger partial charge in [0, 0.05) is 0 Å². The van der Waals surface area contributed by atoms with Gasteiger partial charge in [-0.2, -0.15) is 0 Å². The number of carbonyl (C=O) groups excluding carboxylic acids is 3. The van der Waals surface area contributed by atoms with Gasteiger partial charge in [0.2, 0.25) is 17.7 Å². The van der Waals surface area contributed by atoms with Crippen molar-refractivity contribution in [2.45, 2.75) is 69.3 Å². The van der Waals surface area contributed by atoms with Gasteiger partial charge in [-0.3, -0.25) is 24.0 Å². The molecule has 188 valence electrons. The summed E-state index contributed by atoms with van der Waals surface area (Å²) >= 11 is 0. The number of carboxylic acids is 3. The molecular formula is C18H31N5O10. The van der Waals surface area contributed by atoms with E-state index in [9.17, 15) is 33.9 Å². The Morgan fingerprint density at radius 1 is 0.788 bits per heavy atom. The van der Waals surface area contributed by atoms with E-state index in [1.54, 1.807) is 0 Å². The molecule has 0 aromatic carbocycles. The second-order valence-electron chi connectivity index (χ2n) is 7.27. The molecule has 15 heteroatoms. The summed E-state index contributed by atoms with van der Waals surface area (Å²) in [5.74, 6) is -7.54. The fourth-order valence-corrected chi connectivity index (χ4v) is 2.62. The number of aliphatic hydroxyl groups is 1. The van der Waals surface area contributed by atoms with Gasteiger partial charge in [0.1, 0.15) is 12.1 Å². The summed E-state index contributed by atoms with van der Waals surface area (Å²) in [5.41, 5.74) is 10.8. The van der Waals surface area contributed by atoms with Crippen molar-refractivity contribution in [2.24, 2.45) is 11.5 Å². The molecule has 0 spiro atoms. The molecule has 0 aliphatic carbocycles. The van der Waals surface area contributed by atoms with E-state index in [0.29, 0.717) is 12.8 Å². The number of nitrogens with two attached hydrogens (primary N) is 2. The first-order valence-electron chi connectivity index (χ1n) is 10.0.